The monoisotopic (exact) mass is 498 g/mol. The number of nitrogens with zero attached hydrogens (tertiary/aromatic N) is 5. The van der Waals surface area contributed by atoms with Crippen LogP contribution in [0.3, 0.4) is 0 Å². The van der Waals surface area contributed by atoms with Gasteiger partial charge in [0, 0.05) is 18.4 Å². The van der Waals surface area contributed by atoms with E-state index in [0.717, 1.165) is 22.6 Å². The minimum Gasteiger partial charge on any atom is -0.366 e. The van der Waals surface area contributed by atoms with E-state index in [2.05, 4.69) is 32.8 Å². The first kappa shape index (κ1) is 25.4. The topological polar surface area (TPSA) is 117 Å². The Morgan fingerprint density at radius 2 is 1.92 bits per heavy atom. The molecule has 1 aliphatic rings. The molecule has 0 fully saturated rings. The Morgan fingerprint density at radius 3 is 2.59 bits per heavy atom. The van der Waals surface area contributed by atoms with E-state index in [0.29, 0.717) is 35.4 Å². The van der Waals surface area contributed by atoms with Gasteiger partial charge in [0.05, 0.1) is 23.6 Å². The summed E-state index contributed by atoms with van der Waals surface area (Å²) >= 11 is 0. The average molecular weight is 499 g/mol. The predicted octanol–water partition coefficient (Wildman–Crippen LogP) is 4.58. The number of rotatable bonds is 8. The van der Waals surface area contributed by atoms with Crippen molar-refractivity contribution in [3.05, 3.63) is 76.9 Å². The van der Waals surface area contributed by atoms with E-state index in [-0.39, 0.29) is 17.4 Å². The molecule has 190 valence electrons. The maximum atomic E-state index is 12.4. The summed E-state index contributed by atoms with van der Waals surface area (Å²) in [6.07, 6.45) is 3.84. The summed E-state index contributed by atoms with van der Waals surface area (Å²) in [7, 11) is 1.54. The van der Waals surface area contributed by atoms with Gasteiger partial charge < -0.3 is 20.9 Å². The molecule has 0 unspecified atom stereocenters. The molecule has 1 aromatic carbocycles. The first-order chi connectivity index (χ1) is 17.7. The molecule has 0 saturated heterocycles. The number of aromatic nitrogens is 3. The zero-order chi connectivity index (χ0) is 26.7. The van der Waals surface area contributed by atoms with Crippen molar-refractivity contribution in [3.63, 3.8) is 0 Å². The van der Waals surface area contributed by atoms with Crippen molar-refractivity contribution < 1.29 is 9.59 Å². The number of benzene rings is 1. The van der Waals surface area contributed by atoms with E-state index in [1.807, 2.05) is 56.0 Å². The molecule has 4 rings (SSSR count). The van der Waals surface area contributed by atoms with Gasteiger partial charge in [-0.3, -0.25) is 9.59 Å². The zero-order valence-corrected chi connectivity index (χ0v) is 21.6. The smallest absolute Gasteiger partial charge is 0.271 e. The van der Waals surface area contributed by atoms with Crippen LogP contribution >= 0.6 is 0 Å². The molecule has 37 heavy (non-hydrogen) atoms. The van der Waals surface area contributed by atoms with Crippen LogP contribution in [0.1, 0.15) is 47.3 Å². The average Bonchev–Trinajstić information content (AvgIpc) is 3.48. The number of amides is 1. The highest BCUT2D eigenvalue weighted by Crippen LogP contribution is 2.38. The number of pyridine rings is 1. The van der Waals surface area contributed by atoms with Gasteiger partial charge in [-0.2, -0.15) is 5.10 Å². The third-order valence-corrected chi connectivity index (χ3v) is 5.80. The van der Waals surface area contributed by atoms with Crippen LogP contribution in [0.2, 0.25) is 0 Å². The molecule has 3 heterocycles. The van der Waals surface area contributed by atoms with Gasteiger partial charge >= 0.3 is 0 Å². The summed E-state index contributed by atoms with van der Waals surface area (Å²) in [5, 5.41) is 13.6. The van der Waals surface area contributed by atoms with Crippen LogP contribution < -0.4 is 20.9 Å². The number of aryl methyl sites for hydroxylation is 1. The summed E-state index contributed by atoms with van der Waals surface area (Å²) in [5.41, 5.74) is 5.19. The second-order valence-electron chi connectivity index (χ2n) is 8.83. The summed E-state index contributed by atoms with van der Waals surface area (Å²) in [4.78, 5) is 35.5. The fraction of sp³-hybridized carbons (Fsp3) is 0.222. The number of nitrogens with one attached hydrogen (secondary N) is 3. The molecule has 3 N–H and O–H groups in total. The van der Waals surface area contributed by atoms with Gasteiger partial charge in [0.15, 0.2) is 17.3 Å². The van der Waals surface area contributed by atoms with Gasteiger partial charge in [-0.25, -0.2) is 14.7 Å². The van der Waals surface area contributed by atoms with Gasteiger partial charge in [0.2, 0.25) is 0 Å². The normalized spacial score (nSPS) is 12.5. The first-order valence-electron chi connectivity index (χ1n) is 11.8. The fourth-order valence-corrected chi connectivity index (χ4v) is 3.92. The lowest BCUT2D eigenvalue weighted by atomic mass is 10.1. The zero-order valence-electron chi connectivity index (χ0n) is 21.6. The molecular formula is C27H30N8O2. The molecule has 0 saturated carbocycles. The molecule has 0 aliphatic carbocycles. The highest BCUT2D eigenvalue weighted by atomic mass is 16.2. The molecule has 1 amide bonds. The van der Waals surface area contributed by atoms with Gasteiger partial charge in [0.25, 0.3) is 5.91 Å². The number of ketones is 1. The Bertz CT molecular complexity index is 1450. The van der Waals surface area contributed by atoms with E-state index in [9.17, 15) is 9.59 Å². The highest BCUT2D eigenvalue weighted by molar-refractivity contribution is 5.98. The van der Waals surface area contributed by atoms with Crippen LogP contribution in [0.4, 0.5) is 22.9 Å². The number of Topliss-reactive ketones (excluding diaryl/α,β-unsaturated/α-hetero) is 1. The van der Waals surface area contributed by atoms with Crippen LogP contribution in [-0.4, -0.2) is 46.9 Å². The molecule has 3 aromatic rings. The summed E-state index contributed by atoms with van der Waals surface area (Å²) in [6, 6.07) is 11.2. The number of fused-ring (bicyclic) bond motifs is 1. The van der Waals surface area contributed by atoms with Gasteiger partial charge in [0.1, 0.15) is 11.6 Å². The van der Waals surface area contributed by atoms with E-state index in [1.165, 1.54) is 11.6 Å². The summed E-state index contributed by atoms with van der Waals surface area (Å²) in [6.45, 7) is 11.5. The lowest BCUT2D eigenvalue weighted by Gasteiger charge is -2.20. The van der Waals surface area contributed by atoms with Gasteiger partial charge in [-0.15, -0.1) is 0 Å². The Morgan fingerprint density at radius 1 is 1.14 bits per heavy atom. The number of carbonyl (C=O) groups is 2. The number of carbonyl (C=O) groups excluding carboxylic acids is 2. The molecule has 0 radical (unpaired) electrons. The molecule has 0 atom stereocenters. The van der Waals surface area contributed by atoms with Crippen molar-refractivity contribution in [1.82, 2.24) is 20.1 Å². The number of hydrogen-bond donors (Lipinski definition) is 3. The molecule has 0 bridgehead atoms. The van der Waals surface area contributed by atoms with Crippen LogP contribution in [-0.2, 0) is 0 Å². The third kappa shape index (κ3) is 5.27. The SMILES string of the molecule is C=N/C(=C\C=C(C)C)Nc1ccc2c(c1)N(c1ccc(C(C)=O)c(-n3nc(C(=O)NC)cc3C)n1)CN2. The molecule has 1 aliphatic heterocycles. The second kappa shape index (κ2) is 10.5. The number of aliphatic imine (C=N–C) groups is 1. The second-order valence-corrected chi connectivity index (χ2v) is 8.83. The van der Waals surface area contributed by atoms with E-state index in [4.69, 9.17) is 4.98 Å². The largest absolute Gasteiger partial charge is 0.366 e. The van der Waals surface area contributed by atoms with Crippen LogP contribution in [0.15, 0.2) is 64.9 Å². The molecule has 0 spiro atoms. The van der Waals surface area contributed by atoms with Crippen molar-refractivity contribution in [2.45, 2.75) is 27.7 Å². The van der Waals surface area contributed by atoms with Crippen molar-refractivity contribution >= 4 is 41.3 Å². The van der Waals surface area contributed by atoms with Gasteiger partial charge in [-0.05, 0) is 76.9 Å². The lowest BCUT2D eigenvalue weighted by Crippen LogP contribution is -2.20. The summed E-state index contributed by atoms with van der Waals surface area (Å²) in [5.74, 6) is 1.16. The standard InChI is InChI=1S/C27H30N8O2/c1-16(2)7-11-24(28-5)31-19-8-10-21-23(14-19)34(15-30-21)25-12-9-20(18(4)36)26(32-25)35-17(3)13-22(33-35)27(37)29-6/h7-14,30-31H,5,15H2,1-4,6H3,(H,29,37)/b24-11+. The predicted molar refractivity (Wildman–Crippen MR) is 147 cm³/mol. The van der Waals surface area contributed by atoms with Crippen molar-refractivity contribution in [3.8, 4) is 5.82 Å². The van der Waals surface area contributed by atoms with Crippen LogP contribution in [0, 0.1) is 6.92 Å². The number of anilines is 4. The third-order valence-electron chi connectivity index (χ3n) is 5.80. The van der Waals surface area contributed by atoms with Crippen LogP contribution in [0.25, 0.3) is 5.82 Å². The van der Waals surface area contributed by atoms with Gasteiger partial charge in [-0.1, -0.05) is 11.6 Å². The Kier molecular flexibility index (Phi) is 7.19. The molecular weight excluding hydrogens is 468 g/mol. The number of hydrogen-bond acceptors (Lipinski definition) is 8. The van der Waals surface area contributed by atoms with E-state index >= 15 is 0 Å². The van der Waals surface area contributed by atoms with E-state index < -0.39 is 0 Å². The highest BCUT2D eigenvalue weighted by Gasteiger charge is 2.24. The maximum Gasteiger partial charge on any atom is 0.271 e. The van der Waals surface area contributed by atoms with Crippen molar-refractivity contribution in [1.29, 1.82) is 0 Å². The van der Waals surface area contributed by atoms with Crippen LogP contribution in [0.5, 0.6) is 0 Å². The van der Waals surface area contributed by atoms with Crippen molar-refractivity contribution in [2.75, 3.05) is 29.2 Å². The van der Waals surface area contributed by atoms with Crippen molar-refractivity contribution in [2.24, 2.45) is 4.99 Å². The van der Waals surface area contributed by atoms with E-state index in [1.54, 1.807) is 25.2 Å². The maximum absolute atomic E-state index is 12.4. The Hall–Kier alpha value is -4.73. The minimum atomic E-state index is -0.313. The lowest BCUT2D eigenvalue weighted by molar-refractivity contribution is 0.0957. The Balaban J connectivity index is 1.73. The molecule has 2 aromatic heterocycles. The summed E-state index contributed by atoms with van der Waals surface area (Å²) < 4.78 is 1.53. The molecule has 10 heteroatoms. The Labute approximate surface area is 215 Å². The molecule has 10 nitrogen and oxygen atoms in total. The quantitative estimate of drug-likeness (QED) is 0.236. The fourth-order valence-electron chi connectivity index (χ4n) is 3.92. The first-order valence-corrected chi connectivity index (χ1v) is 11.8. The minimum absolute atomic E-state index is 0.149. The number of allylic oxidation sites excluding steroid dienone is 3.